The number of rotatable bonds is 7. The molecule has 1 aliphatic carbocycles. The molecule has 1 fully saturated rings. The zero-order valence-electron chi connectivity index (χ0n) is 16.5. The van der Waals surface area contributed by atoms with Gasteiger partial charge in [-0.2, -0.15) is 0 Å². The average molecular weight is 408 g/mol. The number of hydrogen-bond donors (Lipinski definition) is 2. The quantitative estimate of drug-likeness (QED) is 0.394. The van der Waals surface area contributed by atoms with Crippen LogP contribution in [0.15, 0.2) is 17.7 Å². The SMILES string of the molecule is COCCOCO[C@H]1CCC(=O)C2=C(O)c3c(O)cc(C)cc3O[C@]21C(=O)OC. The van der Waals surface area contributed by atoms with E-state index in [-0.39, 0.29) is 48.9 Å². The minimum Gasteiger partial charge on any atom is -0.507 e. The van der Waals surface area contributed by atoms with Gasteiger partial charge in [-0.3, -0.25) is 4.79 Å². The van der Waals surface area contributed by atoms with Gasteiger partial charge >= 0.3 is 5.97 Å². The first-order valence-corrected chi connectivity index (χ1v) is 9.13. The monoisotopic (exact) mass is 408 g/mol. The van der Waals surface area contributed by atoms with Crippen LogP contribution in [-0.4, -0.2) is 67.9 Å². The van der Waals surface area contributed by atoms with Gasteiger partial charge in [0.15, 0.2) is 5.78 Å². The number of aliphatic hydroxyl groups excluding tert-OH is 1. The molecule has 0 bridgehead atoms. The molecule has 0 aromatic heterocycles. The molecule has 1 saturated carbocycles. The number of Topliss-reactive ketones (excluding diaryl/α,β-unsaturated/α-hetero) is 1. The van der Waals surface area contributed by atoms with Gasteiger partial charge in [0.05, 0.1) is 25.9 Å². The molecule has 0 radical (unpaired) electrons. The maximum Gasteiger partial charge on any atom is 0.358 e. The fourth-order valence-electron chi connectivity index (χ4n) is 3.69. The van der Waals surface area contributed by atoms with Gasteiger partial charge in [0.2, 0.25) is 0 Å². The topological polar surface area (TPSA) is 121 Å². The van der Waals surface area contributed by atoms with Gasteiger partial charge in [0, 0.05) is 13.5 Å². The third kappa shape index (κ3) is 3.57. The molecular weight excluding hydrogens is 384 g/mol. The van der Waals surface area contributed by atoms with Crippen molar-refractivity contribution >= 4 is 17.5 Å². The Morgan fingerprint density at radius 1 is 1.28 bits per heavy atom. The Hall–Kier alpha value is -2.62. The highest BCUT2D eigenvalue weighted by Gasteiger charge is 2.62. The number of carbonyl (C=O) groups excluding carboxylic acids is 2. The van der Waals surface area contributed by atoms with E-state index < -0.39 is 29.2 Å². The molecule has 1 aromatic carbocycles. The molecule has 158 valence electrons. The summed E-state index contributed by atoms with van der Waals surface area (Å²) in [5.74, 6) is -2.10. The van der Waals surface area contributed by atoms with E-state index in [1.54, 1.807) is 13.0 Å². The average Bonchev–Trinajstić information content (AvgIpc) is 2.67. The van der Waals surface area contributed by atoms with Crippen LogP contribution in [0, 0.1) is 6.92 Å². The molecule has 2 aliphatic rings. The van der Waals surface area contributed by atoms with Crippen molar-refractivity contribution in [3.05, 3.63) is 28.8 Å². The highest BCUT2D eigenvalue weighted by molar-refractivity contribution is 6.12. The van der Waals surface area contributed by atoms with Crippen LogP contribution in [0.4, 0.5) is 0 Å². The first kappa shape index (κ1) is 21.1. The summed E-state index contributed by atoms with van der Waals surface area (Å²) in [5.41, 5.74) is -1.70. The molecule has 2 N–H and O–H groups in total. The number of aliphatic hydroxyl groups is 1. The van der Waals surface area contributed by atoms with E-state index in [1.807, 2.05) is 0 Å². The van der Waals surface area contributed by atoms with Gasteiger partial charge < -0.3 is 33.9 Å². The molecule has 1 heterocycles. The van der Waals surface area contributed by atoms with Crippen molar-refractivity contribution in [3.63, 3.8) is 0 Å². The summed E-state index contributed by atoms with van der Waals surface area (Å²) in [6.45, 7) is 2.18. The maximum absolute atomic E-state index is 12.9. The molecule has 0 unspecified atom stereocenters. The summed E-state index contributed by atoms with van der Waals surface area (Å²) in [5, 5.41) is 21.2. The number of methoxy groups -OCH3 is 2. The number of carbonyl (C=O) groups is 2. The predicted octanol–water partition coefficient (Wildman–Crippen LogP) is 1.64. The predicted molar refractivity (Wildman–Crippen MR) is 99.6 cm³/mol. The Labute approximate surface area is 167 Å². The number of ketones is 1. The Kier molecular flexibility index (Phi) is 6.11. The van der Waals surface area contributed by atoms with Crippen LogP contribution in [0.3, 0.4) is 0 Å². The molecule has 2 atom stereocenters. The van der Waals surface area contributed by atoms with Gasteiger partial charge in [0.1, 0.15) is 35.7 Å². The van der Waals surface area contributed by atoms with Crippen LogP contribution in [-0.2, 0) is 28.5 Å². The van der Waals surface area contributed by atoms with E-state index in [0.29, 0.717) is 12.2 Å². The summed E-state index contributed by atoms with van der Waals surface area (Å²) < 4.78 is 26.9. The largest absolute Gasteiger partial charge is 0.507 e. The molecule has 29 heavy (non-hydrogen) atoms. The first-order valence-electron chi connectivity index (χ1n) is 9.13. The van der Waals surface area contributed by atoms with E-state index >= 15 is 0 Å². The van der Waals surface area contributed by atoms with Crippen LogP contribution >= 0.6 is 0 Å². The molecule has 0 spiro atoms. The van der Waals surface area contributed by atoms with Gasteiger partial charge in [-0.05, 0) is 31.0 Å². The highest BCUT2D eigenvalue weighted by Crippen LogP contribution is 2.49. The van der Waals surface area contributed by atoms with Crippen molar-refractivity contribution in [2.24, 2.45) is 0 Å². The van der Waals surface area contributed by atoms with Crippen LogP contribution in [0.2, 0.25) is 0 Å². The van der Waals surface area contributed by atoms with Crippen molar-refractivity contribution in [2.45, 2.75) is 31.5 Å². The number of ether oxygens (including phenoxy) is 5. The van der Waals surface area contributed by atoms with E-state index in [9.17, 15) is 19.8 Å². The fourth-order valence-corrected chi connectivity index (χ4v) is 3.69. The molecule has 0 amide bonds. The Bertz CT molecular complexity index is 845. The summed E-state index contributed by atoms with van der Waals surface area (Å²) in [7, 11) is 2.69. The summed E-state index contributed by atoms with van der Waals surface area (Å²) >= 11 is 0. The molecule has 9 nitrogen and oxygen atoms in total. The van der Waals surface area contributed by atoms with Crippen LogP contribution in [0.1, 0.15) is 24.0 Å². The van der Waals surface area contributed by atoms with E-state index in [4.69, 9.17) is 23.7 Å². The maximum atomic E-state index is 12.9. The molecule has 1 aliphatic heterocycles. The van der Waals surface area contributed by atoms with Crippen LogP contribution in [0.5, 0.6) is 11.5 Å². The first-order chi connectivity index (χ1) is 13.9. The number of esters is 1. The van der Waals surface area contributed by atoms with Crippen LogP contribution in [0.25, 0.3) is 5.76 Å². The standard InChI is InChI=1S/C20H24O9/c1-11-8-13(22)16-14(9-11)29-20(19(24)26-3)15(28-10-27-7-6-25-2)5-4-12(21)17(20)18(16)23/h8-9,15,22-23H,4-7,10H2,1-3H3/t15-,20-/m0/s1. The van der Waals surface area contributed by atoms with Gasteiger partial charge in [-0.1, -0.05) is 0 Å². The van der Waals surface area contributed by atoms with Gasteiger partial charge in [-0.15, -0.1) is 0 Å². The molecule has 9 heteroatoms. The number of benzene rings is 1. The number of phenolic OH excluding ortho intramolecular Hbond substituents is 1. The highest BCUT2D eigenvalue weighted by atomic mass is 16.7. The van der Waals surface area contributed by atoms with Gasteiger partial charge in [0.25, 0.3) is 5.60 Å². The summed E-state index contributed by atoms with van der Waals surface area (Å²) in [4.78, 5) is 25.6. The number of phenols is 1. The normalized spacial score (nSPS) is 23.3. The second kappa shape index (κ2) is 8.40. The third-order valence-electron chi connectivity index (χ3n) is 4.98. The zero-order valence-corrected chi connectivity index (χ0v) is 16.5. The smallest absolute Gasteiger partial charge is 0.358 e. The lowest BCUT2D eigenvalue weighted by Crippen LogP contribution is -2.62. The number of aryl methyl sites for hydroxylation is 1. The lowest BCUT2D eigenvalue weighted by molar-refractivity contribution is -0.187. The minimum absolute atomic E-state index is 0.0200. The van der Waals surface area contributed by atoms with E-state index in [1.165, 1.54) is 13.2 Å². The lowest BCUT2D eigenvalue weighted by atomic mass is 9.73. The molecule has 0 saturated heterocycles. The lowest BCUT2D eigenvalue weighted by Gasteiger charge is -2.44. The third-order valence-corrected chi connectivity index (χ3v) is 4.98. The van der Waals surface area contributed by atoms with Crippen molar-refractivity contribution in [1.29, 1.82) is 0 Å². The van der Waals surface area contributed by atoms with Gasteiger partial charge in [-0.25, -0.2) is 4.79 Å². The summed E-state index contributed by atoms with van der Waals surface area (Å²) in [6, 6.07) is 2.98. The fraction of sp³-hybridized carbons (Fsp3) is 0.500. The van der Waals surface area contributed by atoms with Crippen LogP contribution < -0.4 is 4.74 Å². The Morgan fingerprint density at radius 2 is 2.03 bits per heavy atom. The van der Waals surface area contributed by atoms with Crippen molar-refractivity contribution in [3.8, 4) is 11.5 Å². The van der Waals surface area contributed by atoms with E-state index in [2.05, 4.69) is 0 Å². The Morgan fingerprint density at radius 3 is 2.72 bits per heavy atom. The van der Waals surface area contributed by atoms with E-state index in [0.717, 1.165) is 7.11 Å². The second-order valence-corrected chi connectivity index (χ2v) is 6.85. The molecule has 1 aromatic rings. The zero-order chi connectivity index (χ0) is 21.2. The minimum atomic E-state index is -2.01. The van der Waals surface area contributed by atoms with Crippen molar-refractivity contribution < 1.29 is 43.5 Å². The number of hydrogen-bond acceptors (Lipinski definition) is 9. The molecule has 3 rings (SSSR count). The Balaban J connectivity index is 2.07. The van der Waals surface area contributed by atoms with Crippen molar-refractivity contribution in [2.75, 3.05) is 34.2 Å². The summed E-state index contributed by atoms with van der Waals surface area (Å²) in [6.07, 6.45) is -0.777. The van der Waals surface area contributed by atoms with Crippen molar-refractivity contribution in [1.82, 2.24) is 0 Å². The number of fused-ring (bicyclic) bond motifs is 2. The second-order valence-electron chi connectivity index (χ2n) is 6.85. The molecular formula is C20H24O9. The number of aromatic hydroxyl groups is 1.